The van der Waals surface area contributed by atoms with Gasteiger partial charge in [-0.2, -0.15) is 0 Å². The Morgan fingerprint density at radius 2 is 2.21 bits per heavy atom. The van der Waals surface area contributed by atoms with Gasteiger partial charge in [0.1, 0.15) is 5.25 Å². The van der Waals surface area contributed by atoms with E-state index in [0.29, 0.717) is 5.02 Å². The second kappa shape index (κ2) is 5.24. The molecule has 1 aromatic rings. The van der Waals surface area contributed by atoms with Crippen molar-refractivity contribution in [3.8, 4) is 0 Å². The first-order chi connectivity index (χ1) is 6.65. The summed E-state index contributed by atoms with van der Waals surface area (Å²) < 4.78 is 0. The van der Waals surface area contributed by atoms with Crippen molar-refractivity contribution in [2.24, 2.45) is 5.73 Å². The van der Waals surface area contributed by atoms with E-state index in [4.69, 9.17) is 22.4 Å². The van der Waals surface area contributed by atoms with E-state index in [1.54, 1.807) is 18.2 Å². The first-order valence-electron chi connectivity index (χ1n) is 3.99. The van der Waals surface area contributed by atoms with E-state index < -0.39 is 11.2 Å². The van der Waals surface area contributed by atoms with Gasteiger partial charge in [0.15, 0.2) is 0 Å². The number of hydrogen-bond donors (Lipinski definition) is 2. The fourth-order valence-electron chi connectivity index (χ4n) is 0.893. The summed E-state index contributed by atoms with van der Waals surface area (Å²) in [5.41, 5.74) is 5.33. The molecular formula is C9H10ClNO2S. The van der Waals surface area contributed by atoms with E-state index >= 15 is 0 Å². The molecule has 1 atom stereocenters. The molecule has 0 saturated heterocycles. The number of halogens is 1. The van der Waals surface area contributed by atoms with Crippen molar-refractivity contribution < 1.29 is 9.90 Å². The number of carboxylic acid groups (broad SMARTS) is 1. The third-order valence-electron chi connectivity index (χ3n) is 1.60. The number of benzene rings is 1. The monoisotopic (exact) mass is 231 g/mol. The van der Waals surface area contributed by atoms with Gasteiger partial charge in [-0.25, -0.2) is 0 Å². The molecule has 14 heavy (non-hydrogen) atoms. The third kappa shape index (κ3) is 2.90. The molecule has 0 aliphatic heterocycles. The molecule has 0 saturated carbocycles. The van der Waals surface area contributed by atoms with Crippen molar-refractivity contribution >= 4 is 29.3 Å². The van der Waals surface area contributed by atoms with Crippen molar-refractivity contribution in [2.45, 2.75) is 10.1 Å². The van der Waals surface area contributed by atoms with Crippen LogP contribution in [0.5, 0.6) is 0 Å². The van der Waals surface area contributed by atoms with Crippen LogP contribution in [0.15, 0.2) is 29.2 Å². The van der Waals surface area contributed by atoms with Gasteiger partial charge >= 0.3 is 5.97 Å². The van der Waals surface area contributed by atoms with E-state index in [0.717, 1.165) is 4.90 Å². The van der Waals surface area contributed by atoms with Crippen molar-refractivity contribution in [1.82, 2.24) is 0 Å². The van der Waals surface area contributed by atoms with Gasteiger partial charge in [-0.1, -0.05) is 23.7 Å². The van der Waals surface area contributed by atoms with Crippen molar-refractivity contribution in [3.63, 3.8) is 0 Å². The highest BCUT2D eigenvalue weighted by molar-refractivity contribution is 8.00. The zero-order valence-corrected chi connectivity index (χ0v) is 8.89. The molecule has 0 bridgehead atoms. The van der Waals surface area contributed by atoms with Gasteiger partial charge in [0.05, 0.1) is 5.02 Å². The van der Waals surface area contributed by atoms with Gasteiger partial charge in [0, 0.05) is 11.4 Å². The molecule has 76 valence electrons. The van der Waals surface area contributed by atoms with Crippen molar-refractivity contribution in [3.05, 3.63) is 29.3 Å². The first kappa shape index (κ1) is 11.4. The molecule has 3 nitrogen and oxygen atoms in total. The number of rotatable bonds is 4. The van der Waals surface area contributed by atoms with Gasteiger partial charge in [-0.05, 0) is 12.1 Å². The number of carboxylic acids is 1. The maximum Gasteiger partial charge on any atom is 0.318 e. The van der Waals surface area contributed by atoms with Crippen molar-refractivity contribution in [2.75, 3.05) is 6.54 Å². The second-order valence-electron chi connectivity index (χ2n) is 2.61. The normalized spacial score (nSPS) is 12.4. The molecule has 1 unspecified atom stereocenters. The molecule has 0 spiro atoms. The first-order valence-corrected chi connectivity index (χ1v) is 5.25. The van der Waals surface area contributed by atoms with Crippen LogP contribution in [0.3, 0.4) is 0 Å². The predicted octanol–water partition coefficient (Wildman–Crippen LogP) is 1.84. The maximum absolute atomic E-state index is 10.7. The third-order valence-corrected chi connectivity index (χ3v) is 3.33. The summed E-state index contributed by atoms with van der Waals surface area (Å²) in [5, 5.41) is 8.69. The molecule has 1 aromatic carbocycles. The smallest absolute Gasteiger partial charge is 0.318 e. The molecule has 3 N–H and O–H groups in total. The lowest BCUT2D eigenvalue weighted by molar-refractivity contribution is -0.136. The van der Waals surface area contributed by atoms with Gasteiger partial charge in [-0.3, -0.25) is 4.79 Å². The Bertz CT molecular complexity index is 332. The topological polar surface area (TPSA) is 63.3 Å². The largest absolute Gasteiger partial charge is 0.480 e. The molecule has 0 fully saturated rings. The van der Waals surface area contributed by atoms with Crippen LogP contribution in [0, 0.1) is 0 Å². The fourth-order valence-corrected chi connectivity index (χ4v) is 2.00. The molecular weight excluding hydrogens is 222 g/mol. The van der Waals surface area contributed by atoms with Gasteiger partial charge in [-0.15, -0.1) is 11.8 Å². The summed E-state index contributed by atoms with van der Waals surface area (Å²) in [4.78, 5) is 11.4. The maximum atomic E-state index is 10.7. The van der Waals surface area contributed by atoms with Crippen LogP contribution >= 0.6 is 23.4 Å². The summed E-state index contributed by atoms with van der Waals surface area (Å²) >= 11 is 7.04. The summed E-state index contributed by atoms with van der Waals surface area (Å²) in [6.45, 7) is 0.0885. The average molecular weight is 232 g/mol. The Hall–Kier alpha value is -0.710. The summed E-state index contributed by atoms with van der Waals surface area (Å²) in [5.74, 6) is -0.919. The zero-order valence-electron chi connectivity index (χ0n) is 7.31. The predicted molar refractivity (Wildman–Crippen MR) is 57.8 cm³/mol. The highest BCUT2D eigenvalue weighted by Gasteiger charge is 2.17. The standard InChI is InChI=1S/C9H10ClNO2S/c10-6-3-1-2-4-7(6)14-8(5-11)9(12)13/h1-4,8H,5,11H2,(H,12,13). The van der Waals surface area contributed by atoms with E-state index in [1.165, 1.54) is 11.8 Å². The Kier molecular flexibility index (Phi) is 4.25. The second-order valence-corrected chi connectivity index (χ2v) is 4.26. The van der Waals surface area contributed by atoms with Gasteiger partial charge in [0.25, 0.3) is 0 Å². The Labute approximate surface area is 91.2 Å². The molecule has 1 rings (SSSR count). The SMILES string of the molecule is NCC(Sc1ccccc1Cl)C(=O)O. The van der Waals surface area contributed by atoms with Gasteiger partial charge in [0.2, 0.25) is 0 Å². The average Bonchev–Trinajstić information content (AvgIpc) is 2.16. The summed E-state index contributed by atoms with van der Waals surface area (Å²) in [6.07, 6.45) is 0. The zero-order chi connectivity index (χ0) is 10.6. The number of aliphatic carboxylic acids is 1. The molecule has 0 aromatic heterocycles. The number of hydrogen-bond acceptors (Lipinski definition) is 3. The lowest BCUT2D eigenvalue weighted by Gasteiger charge is -2.09. The van der Waals surface area contributed by atoms with Gasteiger partial charge < -0.3 is 10.8 Å². The van der Waals surface area contributed by atoms with Crippen LogP contribution < -0.4 is 5.73 Å². The van der Waals surface area contributed by atoms with Crippen LogP contribution in [-0.4, -0.2) is 22.9 Å². The van der Waals surface area contributed by atoms with E-state index in [9.17, 15) is 4.79 Å². The number of thioether (sulfide) groups is 1. The Morgan fingerprint density at radius 1 is 1.57 bits per heavy atom. The quantitative estimate of drug-likeness (QED) is 0.777. The van der Waals surface area contributed by atoms with E-state index in [2.05, 4.69) is 0 Å². The molecule has 0 aliphatic rings. The van der Waals surface area contributed by atoms with E-state index in [-0.39, 0.29) is 6.54 Å². The van der Waals surface area contributed by atoms with Crippen LogP contribution in [-0.2, 0) is 4.79 Å². The van der Waals surface area contributed by atoms with Crippen LogP contribution in [0.4, 0.5) is 0 Å². The minimum absolute atomic E-state index is 0.0885. The summed E-state index contributed by atoms with van der Waals surface area (Å²) in [6, 6.07) is 7.10. The fraction of sp³-hybridized carbons (Fsp3) is 0.222. The van der Waals surface area contributed by atoms with Crippen LogP contribution in [0.1, 0.15) is 0 Å². The van der Waals surface area contributed by atoms with Crippen LogP contribution in [0.2, 0.25) is 5.02 Å². The molecule has 0 amide bonds. The highest BCUT2D eigenvalue weighted by atomic mass is 35.5. The highest BCUT2D eigenvalue weighted by Crippen LogP contribution is 2.29. The lowest BCUT2D eigenvalue weighted by Crippen LogP contribution is -2.25. The Balaban J connectivity index is 2.77. The van der Waals surface area contributed by atoms with Crippen LogP contribution in [0.25, 0.3) is 0 Å². The molecule has 5 heteroatoms. The molecule has 0 radical (unpaired) electrons. The minimum Gasteiger partial charge on any atom is -0.480 e. The Morgan fingerprint density at radius 3 is 2.71 bits per heavy atom. The van der Waals surface area contributed by atoms with E-state index in [1.807, 2.05) is 6.07 Å². The number of nitrogens with two attached hydrogens (primary N) is 1. The molecule has 0 heterocycles. The minimum atomic E-state index is -0.919. The molecule has 0 aliphatic carbocycles. The van der Waals surface area contributed by atoms with Crippen molar-refractivity contribution in [1.29, 1.82) is 0 Å². The summed E-state index contributed by atoms with van der Waals surface area (Å²) in [7, 11) is 0. The lowest BCUT2D eigenvalue weighted by atomic mass is 10.4. The number of carbonyl (C=O) groups is 1.